The Balaban J connectivity index is 2.12. The summed E-state index contributed by atoms with van der Waals surface area (Å²) in [7, 11) is 0. The molecular formula is C16H20N2O3. The lowest BCUT2D eigenvalue weighted by Gasteiger charge is -2.25. The van der Waals surface area contributed by atoms with Gasteiger partial charge in [0.25, 0.3) is 0 Å². The van der Waals surface area contributed by atoms with Gasteiger partial charge >= 0.3 is 5.97 Å². The van der Waals surface area contributed by atoms with Gasteiger partial charge in [0, 0.05) is 12.8 Å². The number of carbonyl (C=O) groups excluding carboxylic acids is 2. The molecule has 0 saturated carbocycles. The second kappa shape index (κ2) is 6.08. The Labute approximate surface area is 124 Å². The maximum atomic E-state index is 12.0. The molecule has 21 heavy (non-hydrogen) atoms. The number of hydrogen-bond acceptors (Lipinski definition) is 4. The fourth-order valence-corrected chi connectivity index (χ4v) is 1.97. The molecule has 0 fully saturated rings. The number of hydrogen-bond donors (Lipinski definition) is 0. The Morgan fingerprint density at radius 3 is 2.52 bits per heavy atom. The van der Waals surface area contributed by atoms with Gasteiger partial charge in [0.15, 0.2) is 0 Å². The summed E-state index contributed by atoms with van der Waals surface area (Å²) < 4.78 is 5.30. The molecule has 0 aromatic heterocycles. The van der Waals surface area contributed by atoms with Crippen LogP contribution >= 0.6 is 0 Å². The number of benzene rings is 1. The SMILES string of the molecule is CC(C)(C)OC(=O)C1=NN(Cc2ccccc2)C(=O)CC1. The summed E-state index contributed by atoms with van der Waals surface area (Å²) in [6, 6.07) is 9.57. The van der Waals surface area contributed by atoms with E-state index < -0.39 is 11.6 Å². The van der Waals surface area contributed by atoms with Crippen LogP contribution in [0, 0.1) is 0 Å². The van der Waals surface area contributed by atoms with Crippen LogP contribution in [0.15, 0.2) is 35.4 Å². The molecule has 1 heterocycles. The summed E-state index contributed by atoms with van der Waals surface area (Å²) in [5, 5.41) is 5.51. The number of hydrazone groups is 1. The topological polar surface area (TPSA) is 59.0 Å². The van der Waals surface area contributed by atoms with Gasteiger partial charge in [-0.05, 0) is 26.3 Å². The Morgan fingerprint density at radius 1 is 1.24 bits per heavy atom. The quantitative estimate of drug-likeness (QED) is 0.803. The second-order valence-corrected chi connectivity index (χ2v) is 5.99. The summed E-state index contributed by atoms with van der Waals surface area (Å²) in [5.41, 5.74) is 0.714. The molecule has 0 spiro atoms. The molecule has 0 saturated heterocycles. The van der Waals surface area contributed by atoms with E-state index in [1.54, 1.807) is 20.8 Å². The average Bonchev–Trinajstić information content (AvgIpc) is 2.40. The highest BCUT2D eigenvalue weighted by Gasteiger charge is 2.27. The third kappa shape index (κ3) is 4.41. The predicted octanol–water partition coefficient (Wildman–Crippen LogP) is 2.51. The van der Waals surface area contributed by atoms with Crippen molar-refractivity contribution in [1.29, 1.82) is 0 Å². The largest absolute Gasteiger partial charge is 0.455 e. The Bertz CT molecular complexity index is 559. The smallest absolute Gasteiger partial charge is 0.355 e. The van der Waals surface area contributed by atoms with Crippen molar-refractivity contribution in [3.8, 4) is 0 Å². The van der Waals surface area contributed by atoms with Crippen LogP contribution in [0.5, 0.6) is 0 Å². The van der Waals surface area contributed by atoms with Gasteiger partial charge in [-0.25, -0.2) is 9.80 Å². The van der Waals surface area contributed by atoms with Gasteiger partial charge < -0.3 is 4.74 Å². The Kier molecular flexibility index (Phi) is 4.40. The molecule has 1 aliphatic heterocycles. The fraction of sp³-hybridized carbons (Fsp3) is 0.438. The number of ether oxygens (including phenoxy) is 1. The van der Waals surface area contributed by atoms with E-state index in [0.717, 1.165) is 5.56 Å². The summed E-state index contributed by atoms with van der Waals surface area (Å²) >= 11 is 0. The van der Waals surface area contributed by atoms with Gasteiger partial charge in [0.2, 0.25) is 5.91 Å². The number of carbonyl (C=O) groups is 2. The first-order chi connectivity index (χ1) is 9.85. The van der Waals surface area contributed by atoms with E-state index in [4.69, 9.17) is 4.74 Å². The molecule has 1 aliphatic rings. The van der Waals surface area contributed by atoms with Crippen molar-refractivity contribution in [2.24, 2.45) is 5.10 Å². The average molecular weight is 288 g/mol. The van der Waals surface area contributed by atoms with Gasteiger partial charge in [0.1, 0.15) is 11.3 Å². The van der Waals surface area contributed by atoms with Crippen molar-refractivity contribution in [2.45, 2.75) is 45.8 Å². The molecule has 0 atom stereocenters. The van der Waals surface area contributed by atoms with Crippen LogP contribution in [0.4, 0.5) is 0 Å². The molecule has 112 valence electrons. The number of rotatable bonds is 3. The van der Waals surface area contributed by atoms with Crippen LogP contribution in [-0.4, -0.2) is 28.2 Å². The summed E-state index contributed by atoms with van der Waals surface area (Å²) in [5.74, 6) is -0.528. The van der Waals surface area contributed by atoms with E-state index in [1.807, 2.05) is 30.3 Å². The first-order valence-electron chi connectivity index (χ1n) is 7.00. The molecule has 5 heteroatoms. The number of esters is 1. The first-order valence-corrected chi connectivity index (χ1v) is 7.00. The summed E-state index contributed by atoms with van der Waals surface area (Å²) in [6.45, 7) is 5.79. The number of amides is 1. The van der Waals surface area contributed by atoms with E-state index in [-0.39, 0.29) is 12.3 Å². The van der Waals surface area contributed by atoms with Crippen molar-refractivity contribution in [3.05, 3.63) is 35.9 Å². The summed E-state index contributed by atoms with van der Waals surface area (Å²) in [4.78, 5) is 23.9. The van der Waals surface area contributed by atoms with E-state index in [9.17, 15) is 9.59 Å². The van der Waals surface area contributed by atoms with Crippen molar-refractivity contribution in [1.82, 2.24) is 5.01 Å². The van der Waals surface area contributed by atoms with Crippen LogP contribution in [0.3, 0.4) is 0 Å². The lowest BCUT2D eigenvalue weighted by atomic mass is 10.1. The van der Waals surface area contributed by atoms with Crippen molar-refractivity contribution >= 4 is 17.6 Å². The highest BCUT2D eigenvalue weighted by atomic mass is 16.6. The lowest BCUT2D eigenvalue weighted by molar-refractivity contribution is -0.146. The van der Waals surface area contributed by atoms with E-state index >= 15 is 0 Å². The molecule has 0 N–H and O–H groups in total. The zero-order valence-electron chi connectivity index (χ0n) is 12.6. The molecule has 0 aliphatic carbocycles. The normalized spacial score (nSPS) is 15.7. The van der Waals surface area contributed by atoms with Crippen LogP contribution in [0.2, 0.25) is 0 Å². The van der Waals surface area contributed by atoms with Crippen molar-refractivity contribution in [3.63, 3.8) is 0 Å². The molecule has 5 nitrogen and oxygen atoms in total. The zero-order valence-corrected chi connectivity index (χ0v) is 12.6. The third-order valence-electron chi connectivity index (χ3n) is 2.91. The predicted molar refractivity (Wildman–Crippen MR) is 79.5 cm³/mol. The van der Waals surface area contributed by atoms with Gasteiger partial charge in [-0.15, -0.1) is 0 Å². The molecule has 0 bridgehead atoms. The molecule has 0 radical (unpaired) electrons. The Morgan fingerprint density at radius 2 is 1.90 bits per heavy atom. The van der Waals surface area contributed by atoms with Crippen LogP contribution < -0.4 is 0 Å². The minimum atomic E-state index is -0.564. The molecule has 2 rings (SSSR count). The standard InChI is InChI=1S/C16H20N2O3/c1-16(2,3)21-15(20)13-9-10-14(19)18(17-13)11-12-7-5-4-6-8-12/h4-8H,9-11H2,1-3H3. The molecule has 0 unspecified atom stereocenters. The van der Waals surface area contributed by atoms with Crippen LogP contribution in [0.1, 0.15) is 39.2 Å². The lowest BCUT2D eigenvalue weighted by Crippen LogP contribution is -2.36. The van der Waals surface area contributed by atoms with E-state index in [2.05, 4.69) is 5.10 Å². The van der Waals surface area contributed by atoms with Crippen molar-refractivity contribution < 1.29 is 14.3 Å². The second-order valence-electron chi connectivity index (χ2n) is 5.99. The van der Waals surface area contributed by atoms with Gasteiger partial charge in [-0.3, -0.25) is 4.79 Å². The van der Waals surface area contributed by atoms with Gasteiger partial charge in [0.05, 0.1) is 6.54 Å². The minimum Gasteiger partial charge on any atom is -0.455 e. The molecule has 1 amide bonds. The summed E-state index contributed by atoms with van der Waals surface area (Å²) in [6.07, 6.45) is 0.615. The minimum absolute atomic E-state index is 0.0776. The molecule has 1 aromatic rings. The van der Waals surface area contributed by atoms with E-state index in [0.29, 0.717) is 18.7 Å². The van der Waals surface area contributed by atoms with Gasteiger partial charge in [-0.1, -0.05) is 30.3 Å². The van der Waals surface area contributed by atoms with Crippen LogP contribution in [-0.2, 0) is 20.9 Å². The fourth-order valence-electron chi connectivity index (χ4n) is 1.97. The van der Waals surface area contributed by atoms with Crippen LogP contribution in [0.25, 0.3) is 0 Å². The monoisotopic (exact) mass is 288 g/mol. The highest BCUT2D eigenvalue weighted by Crippen LogP contribution is 2.16. The molecule has 1 aromatic carbocycles. The van der Waals surface area contributed by atoms with Gasteiger partial charge in [-0.2, -0.15) is 5.10 Å². The zero-order chi connectivity index (χ0) is 15.5. The third-order valence-corrected chi connectivity index (χ3v) is 2.91. The first kappa shape index (κ1) is 15.2. The maximum Gasteiger partial charge on any atom is 0.355 e. The Hall–Kier alpha value is -2.17. The number of nitrogens with zero attached hydrogens (tertiary/aromatic N) is 2. The molecular weight excluding hydrogens is 268 g/mol. The van der Waals surface area contributed by atoms with Crippen molar-refractivity contribution in [2.75, 3.05) is 0 Å². The maximum absolute atomic E-state index is 12.0. The highest BCUT2D eigenvalue weighted by molar-refractivity contribution is 6.37. The van der Waals surface area contributed by atoms with E-state index in [1.165, 1.54) is 5.01 Å².